The van der Waals surface area contributed by atoms with Crippen LogP contribution in [0.1, 0.15) is 85.4 Å². The van der Waals surface area contributed by atoms with Crippen LogP contribution in [-0.4, -0.2) is 51.5 Å². The maximum Gasteiger partial charge on any atom is 0.240 e. The first kappa shape index (κ1) is 33.7. The number of aliphatic imine (C=N–C) groups is 4. The van der Waals surface area contributed by atoms with E-state index >= 15 is 0 Å². The summed E-state index contributed by atoms with van der Waals surface area (Å²) in [5.74, 6) is 3.09. The van der Waals surface area contributed by atoms with Crippen LogP contribution in [-0.2, 0) is 0 Å². The summed E-state index contributed by atoms with van der Waals surface area (Å²) < 4.78 is 0. The quantitative estimate of drug-likeness (QED) is 0.166. The molecule has 2 aromatic carbocycles. The summed E-state index contributed by atoms with van der Waals surface area (Å²) in [6.07, 6.45) is 14.1. The minimum absolute atomic E-state index is 0.114. The largest absolute Gasteiger partial charge is 0.371 e. The maximum absolute atomic E-state index is 6.34. The van der Waals surface area contributed by atoms with E-state index < -0.39 is 0 Å². The number of nitrogens with one attached hydrogen (secondary N) is 2. The highest BCUT2D eigenvalue weighted by atomic mass is 15.4. The van der Waals surface area contributed by atoms with Gasteiger partial charge in [0.15, 0.2) is 0 Å². The lowest BCUT2D eigenvalue weighted by Gasteiger charge is -2.33. The predicted octanol–water partition coefficient (Wildman–Crippen LogP) is 8.70. The van der Waals surface area contributed by atoms with E-state index in [1.807, 2.05) is 55.1 Å². The van der Waals surface area contributed by atoms with Crippen LogP contribution in [0.15, 0.2) is 111 Å². The van der Waals surface area contributed by atoms with Crippen LogP contribution in [0.25, 0.3) is 5.70 Å². The Morgan fingerprint density at radius 3 is 2.04 bits per heavy atom. The number of hydrogen-bond acceptors (Lipinski definition) is 11. The van der Waals surface area contributed by atoms with Gasteiger partial charge in [0.25, 0.3) is 0 Å². The molecule has 9 rings (SSSR count). The molecule has 1 saturated heterocycles. The lowest BCUT2D eigenvalue weighted by atomic mass is 9.83. The summed E-state index contributed by atoms with van der Waals surface area (Å²) in [5, 5.41) is 7.27. The van der Waals surface area contributed by atoms with E-state index in [1.54, 1.807) is 0 Å². The van der Waals surface area contributed by atoms with Gasteiger partial charge in [-0.3, -0.25) is 0 Å². The van der Waals surface area contributed by atoms with Crippen molar-refractivity contribution in [3.05, 3.63) is 119 Å². The molecule has 0 atom stereocenters. The lowest BCUT2D eigenvalue weighted by Crippen LogP contribution is -2.43. The molecule has 11 heteroatoms. The van der Waals surface area contributed by atoms with Crippen LogP contribution in [0.5, 0.6) is 0 Å². The Morgan fingerprint density at radius 2 is 1.31 bits per heavy atom. The summed E-state index contributed by atoms with van der Waals surface area (Å²) >= 11 is 0. The Balaban J connectivity index is 1.14. The van der Waals surface area contributed by atoms with Crippen molar-refractivity contribution in [1.29, 1.82) is 0 Å². The van der Waals surface area contributed by atoms with Gasteiger partial charge in [-0.25, -0.2) is 24.9 Å². The molecule has 1 aliphatic carbocycles. The fourth-order valence-electron chi connectivity index (χ4n) is 8.09. The Hall–Kier alpha value is -6.10. The van der Waals surface area contributed by atoms with Gasteiger partial charge in [-0.1, -0.05) is 43.5 Å². The van der Waals surface area contributed by atoms with Crippen molar-refractivity contribution in [2.24, 2.45) is 25.7 Å². The van der Waals surface area contributed by atoms with Gasteiger partial charge in [0.2, 0.25) is 17.9 Å². The number of nitrogens with zero attached hydrogens (tertiary/aromatic N) is 8. The van der Waals surface area contributed by atoms with Crippen molar-refractivity contribution >= 4 is 58.0 Å². The van der Waals surface area contributed by atoms with E-state index in [1.165, 1.54) is 62.6 Å². The summed E-state index contributed by atoms with van der Waals surface area (Å²) in [6, 6.07) is 25.4. The Morgan fingerprint density at radius 1 is 0.648 bits per heavy atom. The summed E-state index contributed by atoms with van der Waals surface area (Å²) in [6.45, 7) is 6.10. The molecule has 0 unspecified atom stereocenters. The van der Waals surface area contributed by atoms with Gasteiger partial charge in [0, 0.05) is 47.0 Å². The smallest absolute Gasteiger partial charge is 0.240 e. The number of benzene rings is 2. The molecule has 11 nitrogen and oxygen atoms in total. The normalized spacial score (nSPS) is 18.4. The number of aryl methyl sites for hydroxylation is 2. The first-order chi connectivity index (χ1) is 26.4. The molecular formula is C43H45N11. The zero-order valence-electron chi connectivity index (χ0n) is 30.9. The Kier molecular flexibility index (Phi) is 8.98. The molecule has 4 N–H and O–H groups in total. The Labute approximate surface area is 316 Å². The first-order valence-corrected chi connectivity index (χ1v) is 19.2. The van der Waals surface area contributed by atoms with Crippen LogP contribution < -0.4 is 21.3 Å². The van der Waals surface area contributed by atoms with Crippen LogP contribution >= 0.6 is 0 Å². The summed E-state index contributed by atoms with van der Waals surface area (Å²) in [7, 11) is 0. The minimum Gasteiger partial charge on any atom is -0.371 e. The summed E-state index contributed by atoms with van der Waals surface area (Å²) in [5.41, 5.74) is 16.9. The third-order valence-electron chi connectivity index (χ3n) is 10.8. The van der Waals surface area contributed by atoms with Crippen molar-refractivity contribution in [3.8, 4) is 0 Å². The van der Waals surface area contributed by atoms with E-state index in [0.717, 1.165) is 75.7 Å². The van der Waals surface area contributed by atoms with E-state index in [-0.39, 0.29) is 5.96 Å². The molecule has 2 aromatic heterocycles. The average molecular weight is 716 g/mol. The van der Waals surface area contributed by atoms with E-state index in [4.69, 9.17) is 25.7 Å². The second-order valence-corrected chi connectivity index (χ2v) is 14.7. The number of aromatic nitrogens is 2. The first-order valence-electron chi connectivity index (χ1n) is 19.2. The van der Waals surface area contributed by atoms with E-state index in [9.17, 15) is 0 Å². The van der Waals surface area contributed by atoms with Crippen molar-refractivity contribution in [1.82, 2.24) is 14.9 Å². The van der Waals surface area contributed by atoms with Crippen LogP contribution in [0.2, 0.25) is 0 Å². The highest BCUT2D eigenvalue weighted by Crippen LogP contribution is 2.39. The zero-order valence-corrected chi connectivity index (χ0v) is 30.9. The van der Waals surface area contributed by atoms with Gasteiger partial charge in [-0.05, 0) is 118 Å². The average Bonchev–Trinajstić information content (AvgIpc) is 3.18. The number of allylic oxidation sites excluding steroid dienone is 2. The molecule has 0 bridgehead atoms. The van der Waals surface area contributed by atoms with Crippen molar-refractivity contribution in [3.63, 3.8) is 0 Å². The Bertz CT molecular complexity index is 2190. The van der Waals surface area contributed by atoms with Crippen LogP contribution in [0, 0.1) is 13.8 Å². The highest BCUT2D eigenvalue weighted by Gasteiger charge is 2.33. The molecule has 0 spiro atoms. The number of rotatable bonds is 8. The van der Waals surface area contributed by atoms with Gasteiger partial charge >= 0.3 is 0 Å². The molecule has 272 valence electrons. The number of anilines is 5. The van der Waals surface area contributed by atoms with E-state index in [0.29, 0.717) is 17.8 Å². The van der Waals surface area contributed by atoms with Gasteiger partial charge < -0.3 is 21.3 Å². The number of nitrogens with two attached hydrogens (primary N) is 1. The van der Waals surface area contributed by atoms with Gasteiger partial charge in [0.05, 0.1) is 22.8 Å². The number of pyridine rings is 2. The molecular weight excluding hydrogens is 671 g/mol. The topological polar surface area (TPSA) is 132 Å². The third kappa shape index (κ3) is 6.89. The molecule has 6 heterocycles. The molecule has 4 aliphatic heterocycles. The molecule has 1 saturated carbocycles. The highest BCUT2D eigenvalue weighted by molar-refractivity contribution is 6.25. The zero-order chi connectivity index (χ0) is 36.6. The molecule has 2 fully saturated rings. The second-order valence-electron chi connectivity index (χ2n) is 14.7. The minimum atomic E-state index is 0.114. The van der Waals surface area contributed by atoms with Gasteiger partial charge in [0.1, 0.15) is 11.6 Å². The monoisotopic (exact) mass is 715 g/mol. The number of piperidine rings is 1. The van der Waals surface area contributed by atoms with E-state index in [2.05, 4.69) is 74.1 Å². The molecule has 0 amide bonds. The fraction of sp³-hybridized carbons (Fsp3) is 0.302. The fourth-order valence-corrected chi connectivity index (χ4v) is 8.09. The molecule has 5 aliphatic rings. The number of guanidine groups is 3. The second kappa shape index (κ2) is 14.4. The molecule has 4 aromatic rings. The summed E-state index contributed by atoms with van der Waals surface area (Å²) in [4.78, 5) is 33.2. The van der Waals surface area contributed by atoms with Crippen LogP contribution in [0.4, 0.5) is 28.7 Å². The van der Waals surface area contributed by atoms with Crippen LogP contribution in [0.3, 0.4) is 0 Å². The maximum atomic E-state index is 6.34. The number of hydrogen-bond donors (Lipinski definition) is 3. The van der Waals surface area contributed by atoms with Crippen molar-refractivity contribution in [2.75, 3.05) is 28.6 Å². The van der Waals surface area contributed by atoms with Crippen molar-refractivity contribution in [2.45, 2.75) is 71.1 Å². The third-order valence-corrected chi connectivity index (χ3v) is 10.8. The SMILES string of the molecule is Cc1cccc(Nc2cc(N3CCCCC3)ccc2C2=CC3=CC(c4ccc(C5CCCCC5)cc4Nc4cccc(C)n4)=NC4=NC(N)=NC(=N2)N34)n1. The molecule has 54 heavy (non-hydrogen) atoms. The van der Waals surface area contributed by atoms with Crippen molar-refractivity contribution < 1.29 is 0 Å². The predicted molar refractivity (Wildman–Crippen MR) is 220 cm³/mol. The lowest BCUT2D eigenvalue weighted by molar-refractivity contribution is 0.444. The standard InChI is InChI=1S/C43H45N11/c1-27-11-9-15-39(45-27)47-35-23-30(29-13-5-3-6-14-29)17-19-33(35)37-25-32-26-38(50-43-52-41(44)51-42(49-37)54(32)43)34-20-18-31(53-21-7-4-8-22-53)24-36(34)48-40-16-10-12-28(2)46-40/h9-12,15-20,23-26,29H,3-8,13-14,21-22H2,1-2H3,(H,45,47)(H,46,48)(H2,44,49,50,51,52). The van der Waals surface area contributed by atoms with Gasteiger partial charge in [-0.15, -0.1) is 0 Å². The molecule has 0 radical (unpaired) electrons. The van der Waals surface area contributed by atoms with Gasteiger partial charge in [-0.2, -0.15) is 9.98 Å².